The molecule has 4 saturated carbocycles. The molecular weight excluding hydrogens is 304 g/mol. The molecule has 136 valence electrons. The van der Waals surface area contributed by atoms with Gasteiger partial charge in [-0.05, 0) is 74.0 Å². The molecule has 1 spiro atoms. The zero-order valence-electron chi connectivity index (χ0n) is 15.2. The van der Waals surface area contributed by atoms with Crippen molar-refractivity contribution in [3.05, 3.63) is 0 Å². The number of carboxylic acids is 1. The Morgan fingerprint density at radius 2 is 1.71 bits per heavy atom. The Morgan fingerprint density at radius 1 is 1.00 bits per heavy atom. The number of hydrogen-bond donors (Lipinski definition) is 3. The summed E-state index contributed by atoms with van der Waals surface area (Å²) < 4.78 is 0. The third-order valence-electron chi connectivity index (χ3n) is 9.26. The predicted octanol–water partition coefficient (Wildman–Crippen LogP) is 3.21. The van der Waals surface area contributed by atoms with Gasteiger partial charge < -0.3 is 15.3 Å². The standard InChI is InChI=1S/C20H32O4/c1-17-7-8-20(11-17)12(10-14(17)22)9-13(21)15-18(2,16(23)24)5-4-6-19(15,20)3/h12-15,21-22H,4-11H2,1-3H3,(H,23,24)/t12-,13+,14+,15-,17-,18+,19-,20-/m0/s1. The van der Waals surface area contributed by atoms with Crippen LogP contribution in [0.5, 0.6) is 0 Å². The van der Waals surface area contributed by atoms with Gasteiger partial charge in [-0.25, -0.2) is 0 Å². The second-order valence-corrected chi connectivity index (χ2v) is 10.2. The smallest absolute Gasteiger partial charge is 0.309 e. The van der Waals surface area contributed by atoms with Crippen LogP contribution in [0.25, 0.3) is 0 Å². The highest BCUT2D eigenvalue weighted by molar-refractivity contribution is 5.75. The fraction of sp³-hybridized carbons (Fsp3) is 0.950. The number of rotatable bonds is 1. The lowest BCUT2D eigenvalue weighted by Gasteiger charge is -2.67. The van der Waals surface area contributed by atoms with Crippen molar-refractivity contribution >= 4 is 5.97 Å². The van der Waals surface area contributed by atoms with Crippen molar-refractivity contribution in [3.63, 3.8) is 0 Å². The quantitative estimate of drug-likeness (QED) is 0.687. The van der Waals surface area contributed by atoms with E-state index in [-0.39, 0.29) is 28.3 Å². The van der Waals surface area contributed by atoms with Crippen LogP contribution in [0.2, 0.25) is 0 Å². The number of aliphatic carboxylic acids is 1. The lowest BCUT2D eigenvalue weighted by Crippen LogP contribution is -2.66. The van der Waals surface area contributed by atoms with Crippen LogP contribution in [-0.2, 0) is 4.79 Å². The van der Waals surface area contributed by atoms with E-state index in [1.54, 1.807) is 0 Å². The summed E-state index contributed by atoms with van der Waals surface area (Å²) in [6, 6.07) is 0. The van der Waals surface area contributed by atoms with Gasteiger partial charge in [-0.15, -0.1) is 0 Å². The van der Waals surface area contributed by atoms with Crippen LogP contribution in [0.3, 0.4) is 0 Å². The molecule has 0 saturated heterocycles. The second kappa shape index (κ2) is 4.76. The van der Waals surface area contributed by atoms with Gasteiger partial charge in [0, 0.05) is 5.92 Å². The van der Waals surface area contributed by atoms with Crippen LogP contribution >= 0.6 is 0 Å². The summed E-state index contributed by atoms with van der Waals surface area (Å²) in [6.07, 6.45) is 6.32. The van der Waals surface area contributed by atoms with Crippen molar-refractivity contribution < 1.29 is 20.1 Å². The monoisotopic (exact) mass is 336 g/mol. The van der Waals surface area contributed by atoms with E-state index in [1.165, 1.54) is 0 Å². The highest BCUT2D eigenvalue weighted by Gasteiger charge is 2.72. The van der Waals surface area contributed by atoms with E-state index in [0.717, 1.165) is 38.5 Å². The molecule has 4 nitrogen and oxygen atoms in total. The van der Waals surface area contributed by atoms with Gasteiger partial charge in [0.2, 0.25) is 0 Å². The van der Waals surface area contributed by atoms with Crippen LogP contribution in [0.4, 0.5) is 0 Å². The predicted molar refractivity (Wildman–Crippen MR) is 90.3 cm³/mol. The Morgan fingerprint density at radius 3 is 2.38 bits per heavy atom. The summed E-state index contributed by atoms with van der Waals surface area (Å²) in [4.78, 5) is 12.1. The van der Waals surface area contributed by atoms with Gasteiger partial charge in [0.1, 0.15) is 0 Å². The number of fused-ring (bicyclic) bond motifs is 2. The zero-order chi connectivity index (χ0) is 17.5. The largest absolute Gasteiger partial charge is 0.481 e. The summed E-state index contributed by atoms with van der Waals surface area (Å²) in [5, 5.41) is 31.7. The summed E-state index contributed by atoms with van der Waals surface area (Å²) in [5.41, 5.74) is -0.898. The summed E-state index contributed by atoms with van der Waals surface area (Å²) in [7, 11) is 0. The van der Waals surface area contributed by atoms with Crippen molar-refractivity contribution in [1.82, 2.24) is 0 Å². The molecule has 2 bridgehead atoms. The lowest BCUT2D eigenvalue weighted by molar-refractivity contribution is -0.233. The van der Waals surface area contributed by atoms with Gasteiger partial charge in [0.05, 0.1) is 17.6 Å². The Kier molecular flexibility index (Phi) is 3.34. The van der Waals surface area contributed by atoms with E-state index in [1.807, 2.05) is 6.92 Å². The van der Waals surface area contributed by atoms with Crippen molar-refractivity contribution in [3.8, 4) is 0 Å². The molecule has 0 heterocycles. The van der Waals surface area contributed by atoms with Crippen LogP contribution in [0.1, 0.15) is 72.1 Å². The number of carboxylic acid groups (broad SMARTS) is 1. The highest BCUT2D eigenvalue weighted by atomic mass is 16.4. The second-order valence-electron chi connectivity index (χ2n) is 10.2. The lowest BCUT2D eigenvalue weighted by atomic mass is 9.37. The zero-order valence-corrected chi connectivity index (χ0v) is 15.2. The molecule has 24 heavy (non-hydrogen) atoms. The minimum atomic E-state index is -0.832. The first-order chi connectivity index (χ1) is 11.1. The molecule has 0 unspecified atom stereocenters. The molecule has 4 heteroatoms. The van der Waals surface area contributed by atoms with Gasteiger partial charge in [-0.1, -0.05) is 20.3 Å². The van der Waals surface area contributed by atoms with Crippen molar-refractivity contribution in [2.45, 2.75) is 84.3 Å². The average molecular weight is 336 g/mol. The van der Waals surface area contributed by atoms with Crippen LogP contribution in [0, 0.1) is 33.5 Å². The molecule has 0 aliphatic heterocycles. The summed E-state index contributed by atoms with van der Waals surface area (Å²) >= 11 is 0. The SMILES string of the molecule is C[C@]12CC[C@]3(C1)[C@@H](C[C@@H](O)[C@H]1[C@](C)(C(=O)O)CCC[C@@]13C)C[C@H]2O. The van der Waals surface area contributed by atoms with Gasteiger partial charge in [0.25, 0.3) is 0 Å². The molecule has 4 aliphatic rings. The third-order valence-corrected chi connectivity index (χ3v) is 9.26. The first-order valence-corrected chi connectivity index (χ1v) is 9.69. The molecule has 3 N–H and O–H groups in total. The number of aliphatic hydroxyl groups is 2. The van der Waals surface area contributed by atoms with E-state index in [0.29, 0.717) is 18.8 Å². The molecule has 4 fully saturated rings. The maximum Gasteiger partial charge on any atom is 0.309 e. The maximum absolute atomic E-state index is 12.1. The molecule has 0 aromatic heterocycles. The fourth-order valence-corrected chi connectivity index (χ4v) is 8.01. The van der Waals surface area contributed by atoms with Gasteiger partial charge in [0.15, 0.2) is 0 Å². The molecule has 4 rings (SSSR count). The molecule has 0 amide bonds. The summed E-state index contributed by atoms with van der Waals surface area (Å²) in [6.45, 7) is 6.35. The molecule has 4 aliphatic carbocycles. The highest BCUT2D eigenvalue weighted by Crippen LogP contribution is 2.76. The molecule has 0 aromatic carbocycles. The van der Waals surface area contributed by atoms with E-state index in [9.17, 15) is 20.1 Å². The Bertz CT molecular complexity index is 576. The van der Waals surface area contributed by atoms with Crippen LogP contribution in [0.15, 0.2) is 0 Å². The number of hydrogen-bond acceptors (Lipinski definition) is 3. The molecular formula is C20H32O4. The van der Waals surface area contributed by atoms with Gasteiger partial charge in [-0.2, -0.15) is 0 Å². The average Bonchev–Trinajstić information content (AvgIpc) is 2.81. The maximum atomic E-state index is 12.1. The Hall–Kier alpha value is -0.610. The van der Waals surface area contributed by atoms with E-state index in [2.05, 4.69) is 13.8 Å². The Balaban J connectivity index is 1.84. The van der Waals surface area contributed by atoms with Crippen molar-refractivity contribution in [1.29, 1.82) is 0 Å². The fourth-order valence-electron chi connectivity index (χ4n) is 8.01. The minimum absolute atomic E-state index is 0.0244. The van der Waals surface area contributed by atoms with Crippen molar-refractivity contribution in [2.24, 2.45) is 33.5 Å². The van der Waals surface area contributed by atoms with Gasteiger partial charge >= 0.3 is 5.97 Å². The first-order valence-electron chi connectivity index (χ1n) is 9.69. The normalized spacial score (nSPS) is 59.5. The third kappa shape index (κ3) is 1.74. The van der Waals surface area contributed by atoms with E-state index >= 15 is 0 Å². The molecule has 8 atom stereocenters. The van der Waals surface area contributed by atoms with E-state index in [4.69, 9.17) is 0 Å². The number of aliphatic hydroxyl groups excluding tert-OH is 2. The van der Waals surface area contributed by atoms with Gasteiger partial charge in [-0.3, -0.25) is 4.79 Å². The summed E-state index contributed by atoms with van der Waals surface area (Å²) in [5.74, 6) is -0.593. The minimum Gasteiger partial charge on any atom is -0.481 e. The van der Waals surface area contributed by atoms with Crippen LogP contribution in [-0.4, -0.2) is 33.5 Å². The Labute approximate surface area is 144 Å². The van der Waals surface area contributed by atoms with E-state index < -0.39 is 17.5 Å². The number of carbonyl (C=O) groups is 1. The van der Waals surface area contributed by atoms with Crippen LogP contribution < -0.4 is 0 Å². The molecule has 0 aromatic rings. The topological polar surface area (TPSA) is 77.8 Å². The first kappa shape index (κ1) is 16.8. The molecule has 0 radical (unpaired) electrons. The van der Waals surface area contributed by atoms with Crippen molar-refractivity contribution in [2.75, 3.05) is 0 Å².